The summed E-state index contributed by atoms with van der Waals surface area (Å²) >= 11 is 0. The van der Waals surface area contributed by atoms with Crippen LogP contribution in [-0.4, -0.2) is 49.1 Å². The van der Waals surface area contributed by atoms with Crippen LogP contribution in [-0.2, 0) is 4.79 Å². The van der Waals surface area contributed by atoms with E-state index in [0.717, 1.165) is 45.3 Å². The van der Waals surface area contributed by atoms with Gasteiger partial charge in [0, 0.05) is 25.7 Å². The summed E-state index contributed by atoms with van der Waals surface area (Å²) in [5.41, 5.74) is 0. The van der Waals surface area contributed by atoms with E-state index in [1.54, 1.807) is 4.90 Å². The van der Waals surface area contributed by atoms with Crippen molar-refractivity contribution in [2.24, 2.45) is 0 Å². The first kappa shape index (κ1) is 12.3. The summed E-state index contributed by atoms with van der Waals surface area (Å²) in [6, 6.07) is 2.33. The van der Waals surface area contributed by atoms with Crippen molar-refractivity contribution in [3.8, 4) is 6.07 Å². The quantitative estimate of drug-likeness (QED) is 0.740. The van der Waals surface area contributed by atoms with E-state index in [0.29, 0.717) is 12.6 Å². The van der Waals surface area contributed by atoms with E-state index in [1.807, 2.05) is 0 Å². The molecule has 0 aromatic heterocycles. The Bertz CT molecular complexity index is 306. The van der Waals surface area contributed by atoms with Gasteiger partial charge in [-0.05, 0) is 25.7 Å². The molecule has 0 aliphatic carbocycles. The predicted molar refractivity (Wildman–Crippen MR) is 63.2 cm³/mol. The van der Waals surface area contributed by atoms with Gasteiger partial charge in [0.05, 0.1) is 12.6 Å². The largest absolute Gasteiger partial charge is 0.326 e. The lowest BCUT2D eigenvalue weighted by Crippen LogP contribution is -2.46. The third-order valence-electron chi connectivity index (χ3n) is 3.48. The number of nitrogens with one attached hydrogen (secondary N) is 1. The van der Waals surface area contributed by atoms with Crippen LogP contribution in [0.4, 0.5) is 0 Å². The molecule has 0 aromatic carbocycles. The molecule has 5 heteroatoms. The monoisotopic (exact) mass is 235 g/mol. The molecule has 1 amide bonds. The molecule has 93 valence electrons. The SMILES string of the molecule is N#CC1CCCN1C(=O)CNC1CCC[N]C1. The van der Waals surface area contributed by atoms with E-state index >= 15 is 0 Å². The van der Waals surface area contributed by atoms with Crippen molar-refractivity contribution in [2.75, 3.05) is 26.2 Å². The van der Waals surface area contributed by atoms with Crippen LogP contribution in [0.25, 0.3) is 0 Å². The van der Waals surface area contributed by atoms with Gasteiger partial charge >= 0.3 is 0 Å². The number of piperidine rings is 1. The minimum atomic E-state index is -0.208. The number of carbonyl (C=O) groups excluding carboxylic acids is 1. The van der Waals surface area contributed by atoms with Gasteiger partial charge < -0.3 is 10.2 Å². The van der Waals surface area contributed by atoms with Crippen LogP contribution in [0, 0.1) is 11.3 Å². The van der Waals surface area contributed by atoms with Gasteiger partial charge in [-0.15, -0.1) is 0 Å². The number of hydrogen-bond acceptors (Lipinski definition) is 3. The second-order valence-electron chi connectivity index (χ2n) is 4.72. The van der Waals surface area contributed by atoms with Gasteiger partial charge in [-0.2, -0.15) is 5.26 Å². The zero-order chi connectivity index (χ0) is 12.1. The van der Waals surface area contributed by atoms with Crippen molar-refractivity contribution < 1.29 is 4.79 Å². The van der Waals surface area contributed by atoms with E-state index in [4.69, 9.17) is 5.26 Å². The molecule has 2 fully saturated rings. The zero-order valence-corrected chi connectivity index (χ0v) is 10.1. The Kier molecular flexibility index (Phi) is 4.35. The molecule has 17 heavy (non-hydrogen) atoms. The van der Waals surface area contributed by atoms with Crippen LogP contribution in [0.5, 0.6) is 0 Å². The summed E-state index contributed by atoms with van der Waals surface area (Å²) in [5.74, 6) is 0.0552. The van der Waals surface area contributed by atoms with Crippen LogP contribution in [0.2, 0.25) is 0 Å². The molecule has 2 heterocycles. The highest BCUT2D eigenvalue weighted by atomic mass is 16.2. The van der Waals surface area contributed by atoms with Gasteiger partial charge in [0.2, 0.25) is 5.91 Å². The third-order valence-corrected chi connectivity index (χ3v) is 3.48. The Labute approximate surface area is 102 Å². The topological polar surface area (TPSA) is 70.2 Å². The van der Waals surface area contributed by atoms with Crippen molar-refractivity contribution in [1.29, 1.82) is 5.26 Å². The van der Waals surface area contributed by atoms with E-state index in [1.165, 1.54) is 0 Å². The van der Waals surface area contributed by atoms with E-state index in [2.05, 4.69) is 16.7 Å². The van der Waals surface area contributed by atoms with Crippen LogP contribution < -0.4 is 10.6 Å². The Balaban J connectivity index is 1.75. The molecule has 1 radical (unpaired) electrons. The smallest absolute Gasteiger partial charge is 0.237 e. The lowest BCUT2D eigenvalue weighted by molar-refractivity contribution is -0.130. The lowest BCUT2D eigenvalue weighted by atomic mass is 10.1. The molecule has 0 saturated carbocycles. The molecule has 1 N–H and O–H groups in total. The van der Waals surface area contributed by atoms with Crippen molar-refractivity contribution in [1.82, 2.24) is 15.5 Å². The van der Waals surface area contributed by atoms with Gasteiger partial charge in [-0.25, -0.2) is 5.32 Å². The van der Waals surface area contributed by atoms with Gasteiger partial charge in [0.25, 0.3) is 0 Å². The number of nitriles is 1. The van der Waals surface area contributed by atoms with Crippen LogP contribution in [0.15, 0.2) is 0 Å². The van der Waals surface area contributed by atoms with Crippen molar-refractivity contribution in [2.45, 2.75) is 37.8 Å². The number of carbonyl (C=O) groups is 1. The first-order valence-corrected chi connectivity index (χ1v) is 6.37. The molecular weight excluding hydrogens is 216 g/mol. The fourth-order valence-electron chi connectivity index (χ4n) is 2.49. The molecule has 2 saturated heterocycles. The van der Waals surface area contributed by atoms with E-state index < -0.39 is 0 Å². The first-order valence-electron chi connectivity index (χ1n) is 6.37. The zero-order valence-electron chi connectivity index (χ0n) is 10.1. The molecule has 2 aliphatic heterocycles. The maximum Gasteiger partial charge on any atom is 0.237 e. The summed E-state index contributed by atoms with van der Waals surface area (Å²) in [7, 11) is 0. The molecule has 5 nitrogen and oxygen atoms in total. The molecule has 2 aliphatic rings. The average molecular weight is 235 g/mol. The summed E-state index contributed by atoms with van der Waals surface area (Å²) in [6.45, 7) is 2.84. The Hall–Kier alpha value is -1.12. The molecule has 2 unspecified atom stereocenters. The van der Waals surface area contributed by atoms with Crippen LogP contribution >= 0.6 is 0 Å². The van der Waals surface area contributed by atoms with Gasteiger partial charge in [-0.1, -0.05) is 0 Å². The summed E-state index contributed by atoms with van der Waals surface area (Å²) in [6.07, 6.45) is 3.97. The number of rotatable bonds is 3. The highest BCUT2D eigenvalue weighted by molar-refractivity contribution is 5.79. The van der Waals surface area contributed by atoms with Crippen LogP contribution in [0.3, 0.4) is 0 Å². The van der Waals surface area contributed by atoms with E-state index in [9.17, 15) is 4.79 Å². The second kappa shape index (κ2) is 5.99. The first-order chi connectivity index (χ1) is 8.31. The Morgan fingerprint density at radius 1 is 1.47 bits per heavy atom. The third kappa shape index (κ3) is 3.18. The average Bonchev–Trinajstić information content (AvgIpc) is 2.85. The number of amides is 1. The molecular formula is C12H19N4O. The molecule has 0 bridgehead atoms. The van der Waals surface area contributed by atoms with Crippen molar-refractivity contribution in [3.05, 3.63) is 0 Å². The fraction of sp³-hybridized carbons (Fsp3) is 0.833. The summed E-state index contributed by atoms with van der Waals surface area (Å²) in [4.78, 5) is 13.6. The number of nitrogens with zero attached hydrogens (tertiary/aromatic N) is 3. The number of likely N-dealkylation sites (tertiary alicyclic amines) is 1. The molecule has 2 rings (SSSR count). The Morgan fingerprint density at radius 2 is 2.35 bits per heavy atom. The normalized spacial score (nSPS) is 29.0. The van der Waals surface area contributed by atoms with E-state index in [-0.39, 0.29) is 11.9 Å². The lowest BCUT2D eigenvalue weighted by Gasteiger charge is -2.25. The molecule has 0 spiro atoms. The predicted octanol–water partition coefficient (Wildman–Crippen LogP) is -0.143. The van der Waals surface area contributed by atoms with Gasteiger partial charge in [0.15, 0.2) is 0 Å². The second-order valence-corrected chi connectivity index (χ2v) is 4.72. The minimum absolute atomic E-state index is 0.0552. The van der Waals surface area contributed by atoms with Gasteiger partial charge in [0.1, 0.15) is 6.04 Å². The van der Waals surface area contributed by atoms with Crippen molar-refractivity contribution in [3.63, 3.8) is 0 Å². The maximum atomic E-state index is 11.9. The fourth-order valence-corrected chi connectivity index (χ4v) is 2.49. The van der Waals surface area contributed by atoms with Gasteiger partial charge in [-0.3, -0.25) is 4.79 Å². The highest BCUT2D eigenvalue weighted by Crippen LogP contribution is 2.16. The molecule has 0 aromatic rings. The molecule has 2 atom stereocenters. The number of hydrogen-bond donors (Lipinski definition) is 1. The van der Waals surface area contributed by atoms with Crippen molar-refractivity contribution >= 4 is 5.91 Å². The minimum Gasteiger partial charge on any atom is -0.326 e. The van der Waals surface area contributed by atoms with Crippen LogP contribution in [0.1, 0.15) is 25.7 Å². The maximum absolute atomic E-state index is 11.9. The Morgan fingerprint density at radius 3 is 3.06 bits per heavy atom. The standard InChI is InChI=1S/C12H19N4O/c13-7-11-4-2-6-16(11)12(17)9-15-10-3-1-5-14-8-10/h10-11,15H,1-6,8-9H2. The highest BCUT2D eigenvalue weighted by Gasteiger charge is 2.28. The summed E-state index contributed by atoms with van der Waals surface area (Å²) < 4.78 is 0. The summed E-state index contributed by atoms with van der Waals surface area (Å²) in [5, 5.41) is 16.5.